The number of nitrogens with one attached hydrogen (secondary N) is 1. The van der Waals surface area contributed by atoms with Gasteiger partial charge in [-0.25, -0.2) is 0 Å². The molecule has 2 heteroatoms. The van der Waals surface area contributed by atoms with Gasteiger partial charge in [0.25, 0.3) is 0 Å². The van der Waals surface area contributed by atoms with Crippen molar-refractivity contribution >= 4 is 0 Å². The maximum atomic E-state index is 5.58. The highest BCUT2D eigenvalue weighted by Crippen LogP contribution is 2.30. The quantitative estimate of drug-likeness (QED) is 0.853. The van der Waals surface area contributed by atoms with Gasteiger partial charge in [-0.15, -0.1) is 0 Å². The van der Waals surface area contributed by atoms with Gasteiger partial charge in [-0.2, -0.15) is 0 Å². The van der Waals surface area contributed by atoms with Crippen molar-refractivity contribution in [1.29, 1.82) is 0 Å². The zero-order valence-electron chi connectivity index (χ0n) is 12.7. The fraction of sp³-hybridized carbons (Fsp3) is 0.667. The lowest BCUT2D eigenvalue weighted by Gasteiger charge is -2.20. The summed E-state index contributed by atoms with van der Waals surface area (Å²) in [5.41, 5.74) is 2.88. The van der Waals surface area contributed by atoms with Crippen LogP contribution in [0, 0.1) is 5.92 Å². The van der Waals surface area contributed by atoms with Gasteiger partial charge >= 0.3 is 0 Å². The first-order valence-corrected chi connectivity index (χ1v) is 8.27. The minimum Gasteiger partial charge on any atom is -0.493 e. The van der Waals surface area contributed by atoms with Crippen LogP contribution in [-0.4, -0.2) is 19.7 Å². The van der Waals surface area contributed by atoms with Crippen molar-refractivity contribution in [3.05, 3.63) is 29.3 Å². The first kappa shape index (κ1) is 13.9. The minimum atomic E-state index is 0.683. The molecule has 1 saturated carbocycles. The van der Waals surface area contributed by atoms with Crippen molar-refractivity contribution in [3.63, 3.8) is 0 Å². The second-order valence-electron chi connectivity index (χ2n) is 6.45. The van der Waals surface area contributed by atoms with E-state index >= 15 is 0 Å². The first-order chi connectivity index (χ1) is 9.85. The molecule has 110 valence electrons. The Hall–Kier alpha value is -1.02. The molecule has 1 unspecified atom stereocenters. The van der Waals surface area contributed by atoms with E-state index in [1.54, 1.807) is 0 Å². The monoisotopic (exact) mass is 273 g/mol. The molecule has 1 aromatic carbocycles. The average molecular weight is 273 g/mol. The second-order valence-corrected chi connectivity index (χ2v) is 6.45. The Bertz CT molecular complexity index is 437. The number of rotatable bonds is 6. The van der Waals surface area contributed by atoms with Crippen LogP contribution in [0.15, 0.2) is 18.2 Å². The highest BCUT2D eigenvalue weighted by atomic mass is 16.5. The van der Waals surface area contributed by atoms with Gasteiger partial charge in [0.15, 0.2) is 0 Å². The summed E-state index contributed by atoms with van der Waals surface area (Å²) in [5.74, 6) is 2.07. The van der Waals surface area contributed by atoms with Crippen LogP contribution in [0.4, 0.5) is 0 Å². The molecule has 3 rings (SSSR count). The van der Waals surface area contributed by atoms with E-state index in [0.717, 1.165) is 24.7 Å². The van der Waals surface area contributed by atoms with Crippen molar-refractivity contribution in [1.82, 2.24) is 5.32 Å². The largest absolute Gasteiger partial charge is 0.493 e. The Morgan fingerprint density at radius 3 is 2.95 bits per heavy atom. The Labute approximate surface area is 122 Å². The van der Waals surface area contributed by atoms with Crippen LogP contribution in [0.2, 0.25) is 0 Å². The van der Waals surface area contributed by atoms with Gasteiger partial charge in [0, 0.05) is 12.5 Å². The van der Waals surface area contributed by atoms with E-state index < -0.39 is 0 Å². The van der Waals surface area contributed by atoms with Gasteiger partial charge in [-0.05, 0) is 49.4 Å². The average Bonchev–Trinajstić information content (AvgIpc) is 3.13. The second kappa shape index (κ2) is 6.62. The minimum absolute atomic E-state index is 0.683. The van der Waals surface area contributed by atoms with E-state index in [-0.39, 0.29) is 0 Å². The lowest BCUT2D eigenvalue weighted by atomic mass is 9.94. The molecule has 1 fully saturated rings. The van der Waals surface area contributed by atoms with Crippen LogP contribution in [0.1, 0.15) is 49.7 Å². The van der Waals surface area contributed by atoms with Crippen LogP contribution < -0.4 is 10.1 Å². The van der Waals surface area contributed by atoms with Crippen molar-refractivity contribution in [2.75, 3.05) is 13.7 Å². The van der Waals surface area contributed by atoms with E-state index in [2.05, 4.69) is 30.6 Å². The van der Waals surface area contributed by atoms with E-state index in [1.807, 2.05) is 0 Å². The number of fused-ring (bicyclic) bond motifs is 1. The van der Waals surface area contributed by atoms with Crippen LogP contribution >= 0.6 is 0 Å². The summed E-state index contributed by atoms with van der Waals surface area (Å²) in [6, 6.07) is 7.43. The van der Waals surface area contributed by atoms with Gasteiger partial charge in [0.2, 0.25) is 0 Å². The van der Waals surface area contributed by atoms with E-state index in [9.17, 15) is 0 Å². The molecular weight excluding hydrogens is 246 g/mol. The van der Waals surface area contributed by atoms with Crippen molar-refractivity contribution in [2.45, 2.75) is 57.4 Å². The third-order valence-electron chi connectivity index (χ3n) is 5.04. The van der Waals surface area contributed by atoms with E-state index in [1.165, 1.54) is 56.1 Å². The van der Waals surface area contributed by atoms with Crippen molar-refractivity contribution < 1.29 is 4.74 Å². The highest BCUT2D eigenvalue weighted by Gasteiger charge is 2.19. The summed E-state index contributed by atoms with van der Waals surface area (Å²) in [4.78, 5) is 0. The maximum absolute atomic E-state index is 5.58. The van der Waals surface area contributed by atoms with Crippen LogP contribution in [0.5, 0.6) is 5.75 Å². The molecule has 0 spiro atoms. The molecule has 1 aliphatic heterocycles. The number of hydrogen-bond donors (Lipinski definition) is 1. The molecule has 0 aromatic heterocycles. The third-order valence-corrected chi connectivity index (χ3v) is 5.04. The number of ether oxygens (including phenoxy) is 1. The predicted molar refractivity (Wildman–Crippen MR) is 83.4 cm³/mol. The molecule has 1 atom stereocenters. The lowest BCUT2D eigenvalue weighted by Crippen LogP contribution is -2.28. The summed E-state index contributed by atoms with van der Waals surface area (Å²) >= 11 is 0. The smallest absolute Gasteiger partial charge is 0.122 e. The third kappa shape index (κ3) is 3.35. The summed E-state index contributed by atoms with van der Waals surface area (Å²) in [7, 11) is 2.12. The zero-order chi connectivity index (χ0) is 13.8. The summed E-state index contributed by atoms with van der Waals surface area (Å²) in [6.07, 6.45) is 10.7. The molecule has 0 radical (unpaired) electrons. The molecule has 2 nitrogen and oxygen atoms in total. The molecule has 2 aliphatic rings. The van der Waals surface area contributed by atoms with Gasteiger partial charge < -0.3 is 10.1 Å². The summed E-state index contributed by atoms with van der Waals surface area (Å²) < 4.78 is 5.58. The van der Waals surface area contributed by atoms with Crippen LogP contribution in [-0.2, 0) is 12.8 Å². The molecular formula is C18H27NO. The number of hydrogen-bond acceptors (Lipinski definition) is 2. The molecule has 1 heterocycles. The number of aryl methyl sites for hydroxylation is 1. The standard InChI is InChI=1S/C18H27NO/c1-19-17(13-14-4-2-3-5-14)8-6-15-7-9-18-16(12-15)10-11-20-18/h7,9,12,14,17,19H,2-6,8,10-11,13H2,1H3. The Balaban J connectivity index is 1.51. The van der Waals surface area contributed by atoms with Crippen molar-refractivity contribution in [3.8, 4) is 5.75 Å². The van der Waals surface area contributed by atoms with Crippen LogP contribution in [0.3, 0.4) is 0 Å². The highest BCUT2D eigenvalue weighted by molar-refractivity contribution is 5.39. The SMILES string of the molecule is CNC(CCc1ccc2c(c1)CCO2)CC1CCCC1. The zero-order valence-corrected chi connectivity index (χ0v) is 12.7. The molecule has 1 aromatic rings. The van der Waals surface area contributed by atoms with Gasteiger partial charge in [-0.1, -0.05) is 37.8 Å². The van der Waals surface area contributed by atoms with E-state index in [0.29, 0.717) is 6.04 Å². The molecule has 0 bridgehead atoms. The fourth-order valence-corrected chi connectivity index (χ4v) is 3.76. The number of benzene rings is 1. The Morgan fingerprint density at radius 2 is 2.15 bits per heavy atom. The lowest BCUT2D eigenvalue weighted by molar-refractivity contribution is 0.356. The molecule has 0 saturated heterocycles. The molecule has 20 heavy (non-hydrogen) atoms. The Kier molecular flexibility index (Phi) is 4.62. The fourth-order valence-electron chi connectivity index (χ4n) is 3.76. The van der Waals surface area contributed by atoms with Gasteiger partial charge in [0.1, 0.15) is 5.75 Å². The first-order valence-electron chi connectivity index (χ1n) is 8.27. The summed E-state index contributed by atoms with van der Waals surface area (Å²) in [5, 5.41) is 3.53. The molecule has 1 aliphatic carbocycles. The van der Waals surface area contributed by atoms with Gasteiger partial charge in [-0.3, -0.25) is 0 Å². The van der Waals surface area contributed by atoms with E-state index in [4.69, 9.17) is 4.74 Å². The maximum Gasteiger partial charge on any atom is 0.122 e. The molecule has 1 N–H and O–H groups in total. The topological polar surface area (TPSA) is 21.3 Å². The Morgan fingerprint density at radius 1 is 1.30 bits per heavy atom. The molecule has 0 amide bonds. The predicted octanol–water partition coefficient (Wildman–Crippen LogP) is 3.72. The normalized spacial score (nSPS) is 19.9. The van der Waals surface area contributed by atoms with Gasteiger partial charge in [0.05, 0.1) is 6.61 Å². The van der Waals surface area contributed by atoms with Crippen molar-refractivity contribution in [2.24, 2.45) is 5.92 Å². The van der Waals surface area contributed by atoms with Crippen LogP contribution in [0.25, 0.3) is 0 Å². The summed E-state index contributed by atoms with van der Waals surface area (Å²) in [6.45, 7) is 0.861.